The molecule has 0 unspecified atom stereocenters. The molecule has 0 radical (unpaired) electrons. The number of hydrogen-bond donors (Lipinski definition) is 2. The van der Waals surface area contributed by atoms with Gasteiger partial charge in [0.1, 0.15) is 5.75 Å². The van der Waals surface area contributed by atoms with Crippen molar-refractivity contribution in [3.63, 3.8) is 0 Å². The first-order chi connectivity index (χ1) is 9.79. The fourth-order valence-electron chi connectivity index (χ4n) is 1.71. The summed E-state index contributed by atoms with van der Waals surface area (Å²) >= 11 is 0. The largest absolute Gasteiger partial charge is 0.483 e. The highest BCUT2D eigenvalue weighted by Gasteiger charge is 2.05. The molecule has 5 heteroatoms. The third-order valence-corrected chi connectivity index (χ3v) is 2.79. The van der Waals surface area contributed by atoms with Gasteiger partial charge in [-0.3, -0.25) is 9.78 Å². The fourth-order valence-corrected chi connectivity index (χ4v) is 1.71. The summed E-state index contributed by atoms with van der Waals surface area (Å²) in [6.07, 6.45) is 3.38. The van der Waals surface area contributed by atoms with Crippen molar-refractivity contribution in [2.75, 3.05) is 6.61 Å². The Morgan fingerprint density at radius 1 is 1.20 bits per heavy atom. The minimum atomic E-state index is -0.173. The Morgan fingerprint density at radius 2 is 1.95 bits per heavy atom. The van der Waals surface area contributed by atoms with Crippen molar-refractivity contribution in [3.8, 4) is 5.75 Å². The van der Waals surface area contributed by atoms with Crippen LogP contribution in [-0.4, -0.2) is 17.5 Å². The van der Waals surface area contributed by atoms with Crippen LogP contribution in [0.25, 0.3) is 0 Å². The number of aromatic nitrogens is 1. The molecule has 0 saturated carbocycles. The Morgan fingerprint density at radius 3 is 2.70 bits per heavy atom. The highest BCUT2D eigenvalue weighted by molar-refractivity contribution is 5.77. The molecule has 1 amide bonds. The number of hydrogen-bond acceptors (Lipinski definition) is 4. The van der Waals surface area contributed by atoms with Gasteiger partial charge in [-0.2, -0.15) is 0 Å². The summed E-state index contributed by atoms with van der Waals surface area (Å²) in [6.45, 7) is 0.820. The first-order valence-electron chi connectivity index (χ1n) is 6.36. The minimum Gasteiger partial charge on any atom is -0.483 e. The predicted octanol–water partition coefficient (Wildman–Crippen LogP) is 1.24. The van der Waals surface area contributed by atoms with Gasteiger partial charge >= 0.3 is 0 Å². The van der Waals surface area contributed by atoms with Crippen LogP contribution in [0.1, 0.15) is 11.1 Å². The predicted molar refractivity (Wildman–Crippen MR) is 75.9 cm³/mol. The monoisotopic (exact) mass is 271 g/mol. The van der Waals surface area contributed by atoms with Crippen LogP contribution < -0.4 is 15.8 Å². The third-order valence-electron chi connectivity index (χ3n) is 2.79. The molecule has 1 aromatic carbocycles. The van der Waals surface area contributed by atoms with Crippen molar-refractivity contribution in [1.29, 1.82) is 0 Å². The van der Waals surface area contributed by atoms with Crippen LogP contribution in [0.2, 0.25) is 0 Å². The summed E-state index contributed by atoms with van der Waals surface area (Å²) in [6, 6.07) is 11.1. The molecular formula is C15H17N3O2. The highest BCUT2D eigenvalue weighted by Crippen LogP contribution is 2.16. The Hall–Kier alpha value is -2.40. The Bertz CT molecular complexity index is 558. The Kier molecular flexibility index (Phi) is 5.08. The lowest BCUT2D eigenvalue weighted by molar-refractivity contribution is -0.123. The second-order valence-electron chi connectivity index (χ2n) is 4.23. The number of benzene rings is 1. The first-order valence-corrected chi connectivity index (χ1v) is 6.36. The van der Waals surface area contributed by atoms with E-state index >= 15 is 0 Å². The van der Waals surface area contributed by atoms with Gasteiger partial charge in [0.25, 0.3) is 5.91 Å². The molecule has 0 atom stereocenters. The lowest BCUT2D eigenvalue weighted by atomic mass is 10.2. The fraction of sp³-hybridized carbons (Fsp3) is 0.200. The molecule has 0 aliphatic carbocycles. The number of amides is 1. The quantitative estimate of drug-likeness (QED) is 0.828. The molecule has 0 fully saturated rings. The van der Waals surface area contributed by atoms with E-state index in [1.807, 2.05) is 30.3 Å². The third kappa shape index (κ3) is 4.07. The standard InChI is InChI=1S/C15H17N3O2/c16-9-13-3-1-2-4-14(13)20-11-15(19)18-10-12-5-7-17-8-6-12/h1-8H,9-11,16H2,(H,18,19). The number of para-hydroxylation sites is 1. The molecule has 0 aliphatic rings. The van der Waals surface area contributed by atoms with Crippen molar-refractivity contribution < 1.29 is 9.53 Å². The second-order valence-corrected chi connectivity index (χ2v) is 4.23. The van der Waals surface area contributed by atoms with E-state index in [2.05, 4.69) is 10.3 Å². The normalized spacial score (nSPS) is 10.1. The summed E-state index contributed by atoms with van der Waals surface area (Å²) in [5.41, 5.74) is 7.48. The molecule has 3 N–H and O–H groups in total. The first kappa shape index (κ1) is 14.0. The van der Waals surface area contributed by atoms with Gasteiger partial charge in [0.05, 0.1) is 0 Å². The van der Waals surface area contributed by atoms with Gasteiger partial charge in [-0.05, 0) is 23.8 Å². The molecule has 0 spiro atoms. The molecular weight excluding hydrogens is 254 g/mol. The summed E-state index contributed by atoms with van der Waals surface area (Å²) < 4.78 is 5.47. The van der Waals surface area contributed by atoms with Gasteiger partial charge in [0.15, 0.2) is 6.61 Å². The number of nitrogens with one attached hydrogen (secondary N) is 1. The highest BCUT2D eigenvalue weighted by atomic mass is 16.5. The summed E-state index contributed by atoms with van der Waals surface area (Å²) in [5.74, 6) is 0.475. The summed E-state index contributed by atoms with van der Waals surface area (Å²) in [7, 11) is 0. The smallest absolute Gasteiger partial charge is 0.258 e. The van der Waals surface area contributed by atoms with Gasteiger partial charge < -0.3 is 15.8 Å². The van der Waals surface area contributed by atoms with Gasteiger partial charge in [-0.15, -0.1) is 0 Å². The van der Waals surface area contributed by atoms with Crippen molar-refractivity contribution in [3.05, 3.63) is 59.9 Å². The molecule has 104 valence electrons. The lowest BCUT2D eigenvalue weighted by Gasteiger charge is -2.10. The second kappa shape index (κ2) is 7.25. The molecule has 0 aliphatic heterocycles. The Balaban J connectivity index is 1.80. The van der Waals surface area contributed by atoms with Crippen LogP contribution in [0.15, 0.2) is 48.8 Å². The van der Waals surface area contributed by atoms with E-state index in [1.165, 1.54) is 0 Å². The van der Waals surface area contributed by atoms with Gasteiger partial charge in [-0.25, -0.2) is 0 Å². The van der Waals surface area contributed by atoms with E-state index in [9.17, 15) is 4.79 Å². The van der Waals surface area contributed by atoms with Crippen LogP contribution in [0.5, 0.6) is 5.75 Å². The lowest BCUT2D eigenvalue weighted by Crippen LogP contribution is -2.28. The minimum absolute atomic E-state index is 0.0257. The number of carbonyl (C=O) groups excluding carboxylic acids is 1. The van der Waals surface area contributed by atoms with Crippen LogP contribution in [-0.2, 0) is 17.9 Å². The van der Waals surface area contributed by atoms with E-state index in [4.69, 9.17) is 10.5 Å². The average molecular weight is 271 g/mol. The van der Waals surface area contributed by atoms with E-state index in [1.54, 1.807) is 18.5 Å². The maximum atomic E-state index is 11.7. The maximum absolute atomic E-state index is 11.7. The zero-order valence-corrected chi connectivity index (χ0v) is 11.1. The van der Waals surface area contributed by atoms with Crippen molar-refractivity contribution in [1.82, 2.24) is 10.3 Å². The maximum Gasteiger partial charge on any atom is 0.258 e. The van der Waals surface area contributed by atoms with E-state index in [-0.39, 0.29) is 12.5 Å². The van der Waals surface area contributed by atoms with Crippen LogP contribution >= 0.6 is 0 Å². The van der Waals surface area contributed by atoms with E-state index in [0.29, 0.717) is 18.8 Å². The zero-order chi connectivity index (χ0) is 14.2. The molecule has 2 aromatic rings. The number of nitrogens with zero attached hydrogens (tertiary/aromatic N) is 1. The molecule has 2 rings (SSSR count). The van der Waals surface area contributed by atoms with Gasteiger partial charge in [0.2, 0.25) is 0 Å². The van der Waals surface area contributed by atoms with Crippen LogP contribution in [0, 0.1) is 0 Å². The summed E-state index contributed by atoms with van der Waals surface area (Å²) in [5, 5.41) is 2.78. The van der Waals surface area contributed by atoms with Crippen molar-refractivity contribution >= 4 is 5.91 Å². The number of rotatable bonds is 6. The average Bonchev–Trinajstić information content (AvgIpc) is 2.52. The number of nitrogens with two attached hydrogens (primary N) is 1. The molecule has 20 heavy (non-hydrogen) atoms. The SMILES string of the molecule is NCc1ccccc1OCC(=O)NCc1ccncc1. The topological polar surface area (TPSA) is 77.2 Å². The molecule has 1 heterocycles. The molecule has 0 bridgehead atoms. The molecule has 0 saturated heterocycles. The van der Waals surface area contributed by atoms with Crippen molar-refractivity contribution in [2.24, 2.45) is 5.73 Å². The van der Waals surface area contributed by atoms with E-state index < -0.39 is 0 Å². The number of carbonyl (C=O) groups is 1. The zero-order valence-electron chi connectivity index (χ0n) is 11.1. The molecule has 5 nitrogen and oxygen atoms in total. The van der Waals surface area contributed by atoms with Crippen LogP contribution in [0.3, 0.4) is 0 Å². The number of pyridine rings is 1. The Labute approximate surface area is 117 Å². The van der Waals surface area contributed by atoms with Gasteiger partial charge in [0, 0.05) is 31.0 Å². The van der Waals surface area contributed by atoms with Crippen LogP contribution in [0.4, 0.5) is 0 Å². The van der Waals surface area contributed by atoms with Crippen molar-refractivity contribution in [2.45, 2.75) is 13.1 Å². The summed E-state index contributed by atoms with van der Waals surface area (Å²) in [4.78, 5) is 15.6. The van der Waals surface area contributed by atoms with Gasteiger partial charge in [-0.1, -0.05) is 18.2 Å². The number of ether oxygens (including phenoxy) is 1. The molecule has 1 aromatic heterocycles. The van der Waals surface area contributed by atoms with E-state index in [0.717, 1.165) is 11.1 Å².